The fraction of sp³-hybridized carbons (Fsp3) is 0.211. The molecule has 1 aliphatic heterocycles. The minimum absolute atomic E-state index is 0.0455. The zero-order valence-corrected chi connectivity index (χ0v) is 14.2. The van der Waals surface area contributed by atoms with Crippen LogP contribution in [0.4, 0.5) is 11.7 Å². The molecule has 2 amide bonds. The van der Waals surface area contributed by atoms with E-state index in [0.717, 1.165) is 24.1 Å². The third-order valence-corrected chi connectivity index (χ3v) is 4.29. The molecule has 0 unspecified atom stereocenters. The second-order valence-electron chi connectivity index (χ2n) is 6.16. The van der Waals surface area contributed by atoms with Crippen molar-refractivity contribution in [3.63, 3.8) is 0 Å². The lowest BCUT2D eigenvalue weighted by molar-refractivity contribution is 0.0975. The van der Waals surface area contributed by atoms with Crippen LogP contribution in [0.3, 0.4) is 0 Å². The molecule has 0 radical (unpaired) electrons. The number of carbonyl (C=O) groups excluding carboxylic acids is 2. The molecule has 2 aromatic heterocycles. The van der Waals surface area contributed by atoms with Crippen LogP contribution in [0.1, 0.15) is 38.6 Å². The molecular weight excluding hydrogens is 334 g/mol. The summed E-state index contributed by atoms with van der Waals surface area (Å²) in [5, 5.41) is 2.47. The highest BCUT2D eigenvalue weighted by Crippen LogP contribution is 2.29. The highest BCUT2D eigenvalue weighted by molar-refractivity contribution is 6.06. The first-order chi connectivity index (χ1) is 12.6. The molecule has 0 aliphatic carbocycles. The topological polar surface area (TPSA) is 88.6 Å². The normalized spacial score (nSPS) is 13.3. The number of benzene rings is 1. The van der Waals surface area contributed by atoms with Gasteiger partial charge in [-0.05, 0) is 43.5 Å². The molecule has 1 aromatic carbocycles. The Kier molecular flexibility index (Phi) is 4.04. The minimum atomic E-state index is -0.491. The molecule has 0 spiro atoms. The number of hydrogen-bond donors (Lipinski definition) is 1. The van der Waals surface area contributed by atoms with E-state index in [2.05, 4.69) is 16.4 Å². The number of hydrogen-bond acceptors (Lipinski definition) is 5. The maximum absolute atomic E-state index is 12.8. The van der Waals surface area contributed by atoms with E-state index in [0.29, 0.717) is 6.54 Å². The van der Waals surface area contributed by atoms with Crippen LogP contribution >= 0.6 is 0 Å². The average Bonchev–Trinajstić information content (AvgIpc) is 3.32. The Morgan fingerprint density at radius 2 is 2.12 bits per heavy atom. The summed E-state index contributed by atoms with van der Waals surface area (Å²) in [6.45, 7) is 2.66. The molecule has 3 aromatic rings. The first-order valence-corrected chi connectivity index (χ1v) is 8.33. The van der Waals surface area contributed by atoms with Crippen molar-refractivity contribution in [2.75, 3.05) is 16.8 Å². The van der Waals surface area contributed by atoms with Crippen molar-refractivity contribution in [2.45, 2.75) is 19.8 Å². The Hall–Kier alpha value is -3.35. The maximum atomic E-state index is 12.8. The molecule has 7 nitrogen and oxygen atoms in total. The van der Waals surface area contributed by atoms with Gasteiger partial charge in [-0.1, -0.05) is 17.7 Å². The van der Waals surface area contributed by atoms with E-state index in [4.69, 9.17) is 8.83 Å². The number of furan rings is 1. The van der Waals surface area contributed by atoms with E-state index < -0.39 is 5.91 Å². The van der Waals surface area contributed by atoms with Crippen LogP contribution in [0.5, 0.6) is 0 Å². The van der Waals surface area contributed by atoms with Crippen LogP contribution in [0, 0.1) is 6.92 Å². The van der Waals surface area contributed by atoms with E-state index in [-0.39, 0.29) is 23.4 Å². The van der Waals surface area contributed by atoms with Gasteiger partial charge in [-0.15, -0.1) is 0 Å². The third kappa shape index (κ3) is 2.99. The standard InChI is InChI=1S/C19H17N3O4/c1-12-6-7-15-13(10-12)4-2-8-22(15)18(24)14-11-26-19(20-14)21-17(23)16-5-3-9-25-16/h3,5-7,9-11H,2,4,8H2,1H3,(H,20,21,23). The summed E-state index contributed by atoms with van der Waals surface area (Å²) >= 11 is 0. The minimum Gasteiger partial charge on any atom is -0.459 e. The Labute approximate surface area is 149 Å². The van der Waals surface area contributed by atoms with E-state index in [1.54, 1.807) is 11.0 Å². The van der Waals surface area contributed by atoms with Gasteiger partial charge in [0.2, 0.25) is 0 Å². The number of aromatic nitrogens is 1. The number of nitrogens with one attached hydrogen (secondary N) is 1. The first kappa shape index (κ1) is 16.1. The molecule has 0 saturated heterocycles. The van der Waals surface area contributed by atoms with Crippen molar-refractivity contribution < 1.29 is 18.4 Å². The van der Waals surface area contributed by atoms with Gasteiger partial charge in [0.1, 0.15) is 6.26 Å². The third-order valence-electron chi connectivity index (χ3n) is 4.29. The van der Waals surface area contributed by atoms with E-state index in [9.17, 15) is 9.59 Å². The number of aryl methyl sites for hydroxylation is 2. The monoisotopic (exact) mass is 351 g/mol. The van der Waals surface area contributed by atoms with Crippen molar-refractivity contribution in [1.82, 2.24) is 4.98 Å². The number of carbonyl (C=O) groups is 2. The molecule has 0 bridgehead atoms. The predicted molar refractivity (Wildman–Crippen MR) is 94.3 cm³/mol. The molecule has 26 heavy (non-hydrogen) atoms. The lowest BCUT2D eigenvalue weighted by Crippen LogP contribution is -2.35. The average molecular weight is 351 g/mol. The highest BCUT2D eigenvalue weighted by atomic mass is 16.4. The fourth-order valence-corrected chi connectivity index (χ4v) is 3.07. The maximum Gasteiger partial charge on any atom is 0.302 e. The van der Waals surface area contributed by atoms with Gasteiger partial charge in [0.05, 0.1) is 6.26 Å². The Morgan fingerprint density at radius 1 is 1.23 bits per heavy atom. The summed E-state index contributed by atoms with van der Waals surface area (Å²) in [6, 6.07) is 9.14. The van der Waals surface area contributed by atoms with Crippen LogP contribution in [-0.4, -0.2) is 23.3 Å². The van der Waals surface area contributed by atoms with Crippen molar-refractivity contribution in [3.8, 4) is 0 Å². The van der Waals surface area contributed by atoms with Crippen molar-refractivity contribution in [3.05, 3.63) is 65.4 Å². The van der Waals surface area contributed by atoms with Gasteiger partial charge in [0.25, 0.3) is 11.8 Å². The zero-order valence-electron chi connectivity index (χ0n) is 14.2. The van der Waals surface area contributed by atoms with Gasteiger partial charge in [-0.2, -0.15) is 4.98 Å². The summed E-state index contributed by atoms with van der Waals surface area (Å²) < 4.78 is 10.2. The summed E-state index contributed by atoms with van der Waals surface area (Å²) in [6.07, 6.45) is 4.49. The smallest absolute Gasteiger partial charge is 0.302 e. The lowest BCUT2D eigenvalue weighted by Gasteiger charge is -2.29. The molecule has 0 atom stereocenters. The van der Waals surface area contributed by atoms with E-state index >= 15 is 0 Å². The largest absolute Gasteiger partial charge is 0.459 e. The number of rotatable bonds is 3. The number of oxazole rings is 1. The summed E-state index contributed by atoms with van der Waals surface area (Å²) in [7, 11) is 0. The highest BCUT2D eigenvalue weighted by Gasteiger charge is 2.26. The molecule has 1 aliphatic rings. The first-order valence-electron chi connectivity index (χ1n) is 8.33. The van der Waals surface area contributed by atoms with Crippen LogP contribution in [-0.2, 0) is 6.42 Å². The second kappa shape index (κ2) is 6.51. The molecule has 132 valence electrons. The van der Waals surface area contributed by atoms with Crippen LogP contribution < -0.4 is 10.2 Å². The number of anilines is 2. The van der Waals surface area contributed by atoms with Crippen molar-refractivity contribution in [2.24, 2.45) is 0 Å². The SMILES string of the molecule is Cc1ccc2c(c1)CCCN2C(=O)c1coc(NC(=O)c2ccco2)n1. The van der Waals surface area contributed by atoms with Gasteiger partial charge < -0.3 is 13.7 Å². The second-order valence-corrected chi connectivity index (χ2v) is 6.16. The number of nitrogens with zero attached hydrogens (tertiary/aromatic N) is 2. The van der Waals surface area contributed by atoms with Gasteiger partial charge in [-0.3, -0.25) is 14.9 Å². The van der Waals surface area contributed by atoms with E-state index in [1.165, 1.54) is 24.2 Å². The molecule has 0 saturated carbocycles. The van der Waals surface area contributed by atoms with Gasteiger partial charge in [0.15, 0.2) is 11.5 Å². The molecule has 3 heterocycles. The lowest BCUT2D eigenvalue weighted by atomic mass is 9.99. The van der Waals surface area contributed by atoms with E-state index in [1.807, 2.05) is 19.1 Å². The van der Waals surface area contributed by atoms with Crippen molar-refractivity contribution >= 4 is 23.5 Å². The molecular formula is C19H17N3O4. The van der Waals surface area contributed by atoms with Crippen LogP contribution in [0.25, 0.3) is 0 Å². The van der Waals surface area contributed by atoms with Gasteiger partial charge >= 0.3 is 6.01 Å². The van der Waals surface area contributed by atoms with Crippen molar-refractivity contribution in [1.29, 1.82) is 0 Å². The molecule has 7 heteroatoms. The predicted octanol–water partition coefficient (Wildman–Crippen LogP) is 3.42. The summed E-state index contributed by atoms with van der Waals surface area (Å²) in [4.78, 5) is 30.6. The van der Waals surface area contributed by atoms with Gasteiger partial charge in [0, 0.05) is 12.2 Å². The molecule has 0 fully saturated rings. The van der Waals surface area contributed by atoms with Crippen LogP contribution in [0.2, 0.25) is 0 Å². The Morgan fingerprint density at radius 3 is 2.92 bits per heavy atom. The quantitative estimate of drug-likeness (QED) is 0.781. The summed E-state index contributed by atoms with van der Waals surface area (Å²) in [5.74, 6) is -0.608. The van der Waals surface area contributed by atoms with Crippen LogP contribution in [0.15, 0.2) is 51.7 Å². The van der Waals surface area contributed by atoms with Gasteiger partial charge in [-0.25, -0.2) is 0 Å². The fourth-order valence-electron chi connectivity index (χ4n) is 3.07. The number of fused-ring (bicyclic) bond motifs is 1. The zero-order chi connectivity index (χ0) is 18.1. The molecule has 1 N–H and O–H groups in total. The Bertz CT molecular complexity index is 959. The molecule has 4 rings (SSSR count). The number of amides is 2. The summed E-state index contributed by atoms with van der Waals surface area (Å²) in [5.41, 5.74) is 3.37. The Balaban J connectivity index is 1.53.